The number of benzene rings is 4. The molecule has 46 heavy (non-hydrogen) atoms. The molecular formula is C36H40ClN3O5S. The lowest BCUT2D eigenvalue weighted by atomic mass is 10.0. The van der Waals surface area contributed by atoms with E-state index in [0.717, 1.165) is 21.0 Å². The lowest BCUT2D eigenvalue weighted by Gasteiger charge is -2.34. The van der Waals surface area contributed by atoms with Crippen molar-refractivity contribution in [3.05, 3.63) is 125 Å². The second-order valence-electron chi connectivity index (χ2n) is 11.5. The van der Waals surface area contributed by atoms with E-state index >= 15 is 0 Å². The van der Waals surface area contributed by atoms with Crippen molar-refractivity contribution < 1.29 is 22.7 Å². The molecule has 242 valence electrons. The van der Waals surface area contributed by atoms with Crippen LogP contribution in [0.5, 0.6) is 5.75 Å². The van der Waals surface area contributed by atoms with Crippen LogP contribution < -0.4 is 14.4 Å². The van der Waals surface area contributed by atoms with Gasteiger partial charge < -0.3 is 15.0 Å². The van der Waals surface area contributed by atoms with Crippen molar-refractivity contribution in [3.63, 3.8) is 0 Å². The fourth-order valence-electron chi connectivity index (χ4n) is 4.98. The smallest absolute Gasteiger partial charge is 0.264 e. The van der Waals surface area contributed by atoms with Crippen LogP contribution >= 0.6 is 11.6 Å². The first-order valence-corrected chi connectivity index (χ1v) is 16.9. The van der Waals surface area contributed by atoms with Crippen LogP contribution in [0.4, 0.5) is 5.69 Å². The number of rotatable bonds is 14. The van der Waals surface area contributed by atoms with Crippen LogP contribution in [0.25, 0.3) is 0 Å². The minimum atomic E-state index is -4.26. The molecule has 0 saturated heterocycles. The summed E-state index contributed by atoms with van der Waals surface area (Å²) in [6, 6.07) is 28.5. The van der Waals surface area contributed by atoms with E-state index in [9.17, 15) is 18.0 Å². The van der Waals surface area contributed by atoms with E-state index in [2.05, 4.69) is 5.32 Å². The Morgan fingerprint density at radius 2 is 1.57 bits per heavy atom. The van der Waals surface area contributed by atoms with Crippen molar-refractivity contribution >= 4 is 39.1 Å². The molecule has 1 N–H and O–H groups in total. The van der Waals surface area contributed by atoms with Crippen molar-refractivity contribution in [2.75, 3.05) is 24.5 Å². The second kappa shape index (κ2) is 15.8. The van der Waals surface area contributed by atoms with Gasteiger partial charge in [0.2, 0.25) is 11.8 Å². The highest BCUT2D eigenvalue weighted by Crippen LogP contribution is 2.28. The number of halogens is 1. The van der Waals surface area contributed by atoms with Crippen molar-refractivity contribution in [2.45, 2.75) is 44.7 Å². The monoisotopic (exact) mass is 661 g/mol. The van der Waals surface area contributed by atoms with Gasteiger partial charge in [0.15, 0.2) is 0 Å². The predicted molar refractivity (Wildman–Crippen MR) is 182 cm³/mol. The van der Waals surface area contributed by atoms with Gasteiger partial charge in [-0.25, -0.2) is 8.42 Å². The zero-order valence-electron chi connectivity index (χ0n) is 26.5. The molecule has 1 atom stereocenters. The van der Waals surface area contributed by atoms with Crippen molar-refractivity contribution in [1.29, 1.82) is 0 Å². The molecule has 2 amide bonds. The number of methoxy groups -OCH3 is 1. The molecule has 4 aromatic rings. The topological polar surface area (TPSA) is 96.0 Å². The lowest BCUT2D eigenvalue weighted by Crippen LogP contribution is -2.53. The maximum absolute atomic E-state index is 14.6. The summed E-state index contributed by atoms with van der Waals surface area (Å²) in [6.45, 7) is 5.89. The summed E-state index contributed by atoms with van der Waals surface area (Å²) in [7, 11) is -2.77. The van der Waals surface area contributed by atoms with Crippen LogP contribution in [0.3, 0.4) is 0 Å². The molecule has 8 nitrogen and oxygen atoms in total. The summed E-state index contributed by atoms with van der Waals surface area (Å²) in [6.07, 6.45) is 0.241. The van der Waals surface area contributed by atoms with E-state index in [1.54, 1.807) is 30.3 Å². The first-order chi connectivity index (χ1) is 22.0. The Hall–Kier alpha value is -4.34. The molecule has 0 fully saturated rings. The lowest BCUT2D eigenvalue weighted by molar-refractivity contribution is -0.140. The van der Waals surface area contributed by atoms with Gasteiger partial charge in [0.1, 0.15) is 18.3 Å². The molecule has 10 heteroatoms. The number of aryl methyl sites for hydroxylation is 1. The van der Waals surface area contributed by atoms with Crippen molar-refractivity contribution in [1.82, 2.24) is 10.2 Å². The summed E-state index contributed by atoms with van der Waals surface area (Å²) in [5.41, 5.74) is 2.88. The first-order valence-electron chi connectivity index (χ1n) is 15.1. The van der Waals surface area contributed by atoms with E-state index in [1.807, 2.05) is 75.4 Å². The number of nitrogens with one attached hydrogen (secondary N) is 1. The van der Waals surface area contributed by atoms with Crippen LogP contribution in [-0.2, 0) is 32.6 Å². The fraction of sp³-hybridized carbons (Fsp3) is 0.278. The number of carbonyl (C=O) groups is 2. The van der Waals surface area contributed by atoms with Crippen LogP contribution in [-0.4, -0.2) is 51.4 Å². The van der Waals surface area contributed by atoms with Gasteiger partial charge in [-0.15, -0.1) is 0 Å². The molecule has 0 bridgehead atoms. The van der Waals surface area contributed by atoms with E-state index in [4.69, 9.17) is 16.3 Å². The van der Waals surface area contributed by atoms with Crippen LogP contribution in [0, 0.1) is 12.8 Å². The van der Waals surface area contributed by atoms with Crippen LogP contribution in [0.1, 0.15) is 30.5 Å². The van der Waals surface area contributed by atoms with Gasteiger partial charge in [0.25, 0.3) is 10.0 Å². The van der Waals surface area contributed by atoms with Gasteiger partial charge in [0.05, 0.1) is 17.7 Å². The van der Waals surface area contributed by atoms with E-state index in [-0.39, 0.29) is 35.4 Å². The Morgan fingerprint density at radius 3 is 2.20 bits per heavy atom. The number of nitrogens with zero attached hydrogens (tertiary/aromatic N) is 2. The van der Waals surface area contributed by atoms with Gasteiger partial charge in [-0.05, 0) is 72.0 Å². The molecule has 0 saturated carbocycles. The summed E-state index contributed by atoms with van der Waals surface area (Å²) in [4.78, 5) is 29.9. The first kappa shape index (κ1) is 34.5. The third-order valence-electron chi connectivity index (χ3n) is 7.58. The molecule has 4 rings (SSSR count). The average Bonchev–Trinajstić information content (AvgIpc) is 3.05. The van der Waals surface area contributed by atoms with E-state index < -0.39 is 28.5 Å². The highest BCUT2D eigenvalue weighted by atomic mass is 35.5. The van der Waals surface area contributed by atoms with Gasteiger partial charge in [0, 0.05) is 24.5 Å². The average molecular weight is 662 g/mol. The van der Waals surface area contributed by atoms with Crippen molar-refractivity contribution in [2.24, 2.45) is 5.92 Å². The molecule has 0 radical (unpaired) electrons. The minimum Gasteiger partial charge on any atom is -0.497 e. The molecule has 0 spiro atoms. The molecule has 0 unspecified atom stereocenters. The van der Waals surface area contributed by atoms with Gasteiger partial charge in [-0.1, -0.05) is 86.1 Å². The summed E-state index contributed by atoms with van der Waals surface area (Å²) >= 11 is 6.30. The van der Waals surface area contributed by atoms with Gasteiger partial charge in [-0.2, -0.15) is 0 Å². The highest BCUT2D eigenvalue weighted by molar-refractivity contribution is 7.92. The Labute approximate surface area is 277 Å². The zero-order valence-corrected chi connectivity index (χ0v) is 28.1. The largest absolute Gasteiger partial charge is 0.497 e. The summed E-state index contributed by atoms with van der Waals surface area (Å²) < 4.78 is 34.6. The molecule has 0 aromatic heterocycles. The quantitative estimate of drug-likeness (QED) is 0.172. The Balaban J connectivity index is 1.81. The molecule has 0 heterocycles. The minimum absolute atomic E-state index is 0.0259. The van der Waals surface area contributed by atoms with Crippen molar-refractivity contribution in [3.8, 4) is 5.75 Å². The molecule has 4 aromatic carbocycles. The number of sulfonamides is 1. The number of ether oxygens (including phenoxy) is 1. The highest BCUT2D eigenvalue weighted by Gasteiger charge is 2.35. The maximum atomic E-state index is 14.6. The van der Waals surface area contributed by atoms with Gasteiger partial charge in [-0.3, -0.25) is 13.9 Å². The van der Waals surface area contributed by atoms with Crippen LogP contribution in [0.15, 0.2) is 108 Å². The maximum Gasteiger partial charge on any atom is 0.264 e. The Morgan fingerprint density at radius 1 is 0.891 bits per heavy atom. The third-order valence-corrected chi connectivity index (χ3v) is 9.60. The number of hydrogen-bond donors (Lipinski definition) is 1. The number of carbonyl (C=O) groups excluding carboxylic acids is 2. The second-order valence-corrected chi connectivity index (χ2v) is 13.8. The fourth-order valence-corrected chi connectivity index (χ4v) is 6.57. The van der Waals surface area contributed by atoms with Crippen LogP contribution in [0.2, 0.25) is 5.02 Å². The number of anilines is 1. The molecule has 0 aliphatic rings. The van der Waals surface area contributed by atoms with E-state index in [1.165, 1.54) is 30.2 Å². The molecule has 0 aliphatic carbocycles. The SMILES string of the molecule is COc1ccc(S(=O)(=O)N(CC(=O)N(Cc2ccccc2C)[C@H](Cc2ccccc2)C(=O)NCC(C)C)c2cccc(Cl)c2)cc1. The van der Waals surface area contributed by atoms with E-state index in [0.29, 0.717) is 17.3 Å². The summed E-state index contributed by atoms with van der Waals surface area (Å²) in [5, 5.41) is 3.32. The zero-order chi connectivity index (χ0) is 33.3. The normalized spacial score (nSPS) is 12.0. The Bertz CT molecular complexity index is 1730. The summed E-state index contributed by atoms with van der Waals surface area (Å²) in [5.74, 6) is -0.174. The standard InChI is InChI=1S/C36H40ClN3O5S/c1-26(2)23-38-36(42)34(21-28-12-6-5-7-13-28)39(24-29-14-9-8-11-27(29)3)35(41)25-40(31-16-10-15-30(37)22-31)46(43,44)33-19-17-32(45-4)18-20-33/h5-20,22,26,34H,21,23-25H2,1-4H3,(H,38,42)/t34-/m1/s1. The third kappa shape index (κ3) is 8.89. The molecule has 0 aliphatic heterocycles. The molecular weight excluding hydrogens is 622 g/mol. The number of hydrogen-bond acceptors (Lipinski definition) is 5. The van der Waals surface area contributed by atoms with Gasteiger partial charge >= 0.3 is 0 Å². The Kier molecular flexibility index (Phi) is 11.8. The number of amides is 2. The predicted octanol–water partition coefficient (Wildman–Crippen LogP) is 6.26.